The van der Waals surface area contributed by atoms with E-state index in [0.717, 1.165) is 17.7 Å². The van der Waals surface area contributed by atoms with Crippen molar-refractivity contribution in [2.45, 2.75) is 12.7 Å². The van der Waals surface area contributed by atoms with E-state index >= 15 is 0 Å². The molecule has 0 amide bonds. The monoisotopic (exact) mass is 443 g/mol. The smallest absolute Gasteiger partial charge is 0.433 e. The molecule has 0 fully saturated rings. The summed E-state index contributed by atoms with van der Waals surface area (Å²) < 4.78 is 76.0. The minimum Gasteiger partial charge on any atom is -0.493 e. The van der Waals surface area contributed by atoms with E-state index in [9.17, 15) is 26.7 Å². The Kier molecular flexibility index (Phi) is 5.61. The maximum atomic E-state index is 14.4. The Labute approximate surface area is 172 Å². The number of anilines is 1. The Morgan fingerprint density at radius 2 is 1.84 bits per heavy atom. The Morgan fingerprint density at radius 3 is 2.35 bits per heavy atom. The molecule has 12 heteroatoms. The normalized spacial score (nSPS) is 11.8. The van der Waals surface area contributed by atoms with Gasteiger partial charge in [0.15, 0.2) is 22.9 Å². The van der Waals surface area contributed by atoms with Gasteiger partial charge in [0.25, 0.3) is 5.56 Å². The first-order valence-electron chi connectivity index (χ1n) is 8.83. The van der Waals surface area contributed by atoms with Crippen LogP contribution < -0.4 is 20.9 Å². The second-order valence-electron chi connectivity index (χ2n) is 6.85. The van der Waals surface area contributed by atoms with E-state index in [-0.39, 0.29) is 11.3 Å². The summed E-state index contributed by atoms with van der Waals surface area (Å²) in [7, 11) is 5.50. The van der Waals surface area contributed by atoms with Crippen molar-refractivity contribution in [3.05, 3.63) is 45.4 Å². The van der Waals surface area contributed by atoms with E-state index in [0.29, 0.717) is 6.07 Å². The van der Waals surface area contributed by atoms with Gasteiger partial charge in [-0.1, -0.05) is 0 Å². The summed E-state index contributed by atoms with van der Waals surface area (Å²) in [5, 5.41) is -0.371. The van der Waals surface area contributed by atoms with Gasteiger partial charge in [-0.3, -0.25) is 9.36 Å². The van der Waals surface area contributed by atoms with Gasteiger partial charge in [0.05, 0.1) is 12.5 Å². The van der Waals surface area contributed by atoms with Crippen molar-refractivity contribution in [2.75, 3.05) is 26.1 Å². The van der Waals surface area contributed by atoms with Crippen molar-refractivity contribution in [1.29, 1.82) is 0 Å². The van der Waals surface area contributed by atoms with Crippen molar-refractivity contribution in [1.82, 2.24) is 14.5 Å². The summed E-state index contributed by atoms with van der Waals surface area (Å²) in [6.45, 7) is -0.715. The molecule has 2 aromatic heterocycles. The summed E-state index contributed by atoms with van der Waals surface area (Å²) in [5.74, 6) is -2.75. The van der Waals surface area contributed by atoms with Crippen LogP contribution in [0, 0.1) is 11.6 Å². The minimum absolute atomic E-state index is 0.0296. The third kappa shape index (κ3) is 3.67. The zero-order valence-electron chi connectivity index (χ0n) is 16.9. The second kappa shape index (κ2) is 7.76. The lowest BCUT2D eigenvalue weighted by Crippen LogP contribution is -2.28. The molecule has 0 aliphatic rings. The molecule has 3 rings (SSSR count). The number of fused-ring (bicyclic) bond motifs is 1. The topological polar surface area (TPSA) is 86.3 Å². The first-order valence-corrected chi connectivity index (χ1v) is 8.83. The summed E-state index contributed by atoms with van der Waals surface area (Å²) in [4.78, 5) is 22.2. The predicted molar refractivity (Wildman–Crippen MR) is 104 cm³/mol. The van der Waals surface area contributed by atoms with Crippen LogP contribution in [-0.4, -0.2) is 35.7 Å². The van der Waals surface area contributed by atoms with Crippen molar-refractivity contribution in [3.63, 3.8) is 0 Å². The molecule has 2 heterocycles. The van der Waals surface area contributed by atoms with Gasteiger partial charge in [-0.2, -0.15) is 18.2 Å². The van der Waals surface area contributed by atoms with Crippen molar-refractivity contribution >= 4 is 17.0 Å². The number of nitrogens with two attached hydrogens (primary N) is 1. The molecular weight excluding hydrogens is 425 g/mol. The maximum absolute atomic E-state index is 14.4. The molecule has 0 unspecified atom stereocenters. The lowest BCUT2D eigenvalue weighted by molar-refractivity contribution is -0.141. The molecule has 3 aromatic rings. The molecule has 1 aromatic carbocycles. The Bertz CT molecular complexity index is 1240. The maximum Gasteiger partial charge on any atom is 0.433 e. The number of pyridine rings is 1. The Morgan fingerprint density at radius 1 is 1.19 bits per heavy atom. The van der Waals surface area contributed by atoms with Crippen molar-refractivity contribution in [3.8, 4) is 16.9 Å². The largest absolute Gasteiger partial charge is 0.493 e. The van der Waals surface area contributed by atoms with E-state index in [4.69, 9.17) is 10.5 Å². The summed E-state index contributed by atoms with van der Waals surface area (Å²) in [6, 6.07) is 1.29. The predicted octanol–water partition coefficient (Wildman–Crippen LogP) is 2.83. The van der Waals surface area contributed by atoms with E-state index in [1.807, 2.05) is 0 Å². The number of nitrogens with zero attached hydrogens (tertiary/aromatic N) is 4. The fraction of sp³-hybridized carbons (Fsp3) is 0.316. The molecule has 0 saturated heterocycles. The molecule has 0 radical (unpaired) electrons. The van der Waals surface area contributed by atoms with Crippen LogP contribution in [0.3, 0.4) is 0 Å². The molecule has 7 nitrogen and oxygen atoms in total. The SMILES string of the molecule is COc1c(F)cc(F)cc1-c1c(CN)c(C(F)(F)F)nc2nc(N(C)C)n(C)c(=O)c12. The highest BCUT2D eigenvalue weighted by Crippen LogP contribution is 2.42. The van der Waals surface area contributed by atoms with Crippen LogP contribution in [-0.2, 0) is 19.8 Å². The number of hydrogen-bond donors (Lipinski definition) is 1. The van der Waals surface area contributed by atoms with Gasteiger partial charge in [-0.25, -0.2) is 13.8 Å². The van der Waals surface area contributed by atoms with Crippen LogP contribution in [0.1, 0.15) is 11.3 Å². The Hall–Kier alpha value is -3.28. The molecule has 0 aliphatic carbocycles. The molecular formula is C19H18F5N5O2. The third-order valence-electron chi connectivity index (χ3n) is 4.66. The number of methoxy groups -OCH3 is 1. The highest BCUT2D eigenvalue weighted by molar-refractivity contribution is 5.96. The molecule has 0 bridgehead atoms. The van der Waals surface area contributed by atoms with E-state index in [2.05, 4.69) is 9.97 Å². The van der Waals surface area contributed by atoms with E-state index < -0.39 is 63.7 Å². The standard InChI is InChI=1S/C19H18F5N5O2/c1-28(2)18-27-16-13(17(30)29(18)3)12(10(7-25)15(26-16)19(22,23)24)9-5-8(20)6-11(21)14(9)31-4/h5-6H,7,25H2,1-4H3. The molecule has 2 N–H and O–H groups in total. The highest BCUT2D eigenvalue weighted by Gasteiger charge is 2.38. The van der Waals surface area contributed by atoms with Gasteiger partial charge in [0, 0.05) is 50.4 Å². The molecule has 0 spiro atoms. The van der Waals surface area contributed by atoms with Crippen molar-refractivity contribution in [2.24, 2.45) is 12.8 Å². The molecule has 0 saturated carbocycles. The number of ether oxygens (including phenoxy) is 1. The number of aromatic nitrogens is 3. The first kappa shape index (κ1) is 22.4. The van der Waals surface area contributed by atoms with Crippen LogP contribution in [0.15, 0.2) is 16.9 Å². The molecule has 0 aliphatic heterocycles. The van der Waals surface area contributed by atoms with Crippen LogP contribution in [0.25, 0.3) is 22.2 Å². The van der Waals surface area contributed by atoms with Gasteiger partial charge in [-0.15, -0.1) is 0 Å². The van der Waals surface area contributed by atoms with Crippen LogP contribution in [0.5, 0.6) is 5.75 Å². The fourth-order valence-corrected chi connectivity index (χ4v) is 3.41. The number of benzene rings is 1. The fourth-order valence-electron chi connectivity index (χ4n) is 3.41. The van der Waals surface area contributed by atoms with Gasteiger partial charge in [0.2, 0.25) is 5.95 Å². The summed E-state index contributed by atoms with van der Waals surface area (Å²) >= 11 is 0. The molecule has 31 heavy (non-hydrogen) atoms. The average molecular weight is 443 g/mol. The number of hydrogen-bond acceptors (Lipinski definition) is 6. The second-order valence-corrected chi connectivity index (χ2v) is 6.85. The van der Waals surface area contributed by atoms with Gasteiger partial charge in [-0.05, 0) is 6.07 Å². The minimum atomic E-state index is -4.97. The summed E-state index contributed by atoms with van der Waals surface area (Å²) in [5.41, 5.74) is 1.43. The number of alkyl halides is 3. The zero-order chi connectivity index (χ0) is 23.2. The van der Waals surface area contributed by atoms with Gasteiger partial charge >= 0.3 is 6.18 Å². The van der Waals surface area contributed by atoms with E-state index in [1.54, 1.807) is 14.1 Å². The van der Waals surface area contributed by atoms with Crippen molar-refractivity contribution < 1.29 is 26.7 Å². The number of rotatable bonds is 4. The lowest BCUT2D eigenvalue weighted by Gasteiger charge is -2.21. The lowest BCUT2D eigenvalue weighted by atomic mass is 9.94. The molecule has 166 valence electrons. The Balaban J connectivity index is 2.68. The quantitative estimate of drug-likeness (QED) is 0.625. The zero-order valence-corrected chi connectivity index (χ0v) is 16.9. The van der Waals surface area contributed by atoms with Gasteiger partial charge < -0.3 is 15.4 Å². The van der Waals surface area contributed by atoms with E-state index in [1.165, 1.54) is 11.9 Å². The van der Waals surface area contributed by atoms with Crippen LogP contribution in [0.2, 0.25) is 0 Å². The summed E-state index contributed by atoms with van der Waals surface area (Å²) in [6.07, 6.45) is -4.97. The van der Waals surface area contributed by atoms with Crippen LogP contribution >= 0.6 is 0 Å². The first-order chi connectivity index (χ1) is 14.4. The van der Waals surface area contributed by atoms with Crippen LogP contribution in [0.4, 0.5) is 27.9 Å². The third-order valence-corrected chi connectivity index (χ3v) is 4.66. The number of halogens is 5. The average Bonchev–Trinajstić information content (AvgIpc) is 2.67. The van der Waals surface area contributed by atoms with Gasteiger partial charge in [0.1, 0.15) is 5.82 Å². The highest BCUT2D eigenvalue weighted by atomic mass is 19.4. The molecule has 0 atom stereocenters.